The molecule has 0 aliphatic carbocycles. The van der Waals surface area contributed by atoms with Crippen LogP contribution in [-0.4, -0.2) is 46.3 Å². The molecule has 6 nitrogen and oxygen atoms in total. The molecule has 1 fully saturated rings. The van der Waals surface area contributed by atoms with Crippen LogP contribution < -0.4 is 10.6 Å². The first-order valence-corrected chi connectivity index (χ1v) is 9.62. The zero-order chi connectivity index (χ0) is 19.8. The van der Waals surface area contributed by atoms with Crippen LogP contribution in [0, 0.1) is 0 Å². The number of nitrogens with zero attached hydrogens (tertiary/aromatic N) is 1. The Morgan fingerprint density at radius 2 is 1.59 bits per heavy atom. The van der Waals surface area contributed by atoms with Gasteiger partial charge in [-0.25, -0.2) is 0 Å². The van der Waals surface area contributed by atoms with Crippen LogP contribution in [0.3, 0.4) is 0 Å². The highest BCUT2D eigenvalue weighted by molar-refractivity contribution is 6.21. The number of carbonyl (C=O) groups excluding carboxylic acids is 3. The molecular weight excluding hydrogens is 342 g/mol. The van der Waals surface area contributed by atoms with Gasteiger partial charge in [-0.05, 0) is 59.1 Å². The average molecular weight is 371 g/mol. The number of fused-ring (bicyclic) bond motifs is 1. The first-order chi connectivity index (χ1) is 12.6. The lowest BCUT2D eigenvalue weighted by molar-refractivity contribution is -0.122. The zero-order valence-electron chi connectivity index (χ0n) is 16.6. The SMILES string of the molecule is CC1(C)CC(NC(=O)CCCN2C(=O)c3ccccc3C2=O)CC(C)(C)N1. The van der Waals surface area contributed by atoms with Gasteiger partial charge in [-0.15, -0.1) is 0 Å². The van der Waals surface area contributed by atoms with Gasteiger partial charge in [-0.2, -0.15) is 0 Å². The van der Waals surface area contributed by atoms with Crippen LogP contribution in [0.1, 0.15) is 74.1 Å². The molecule has 1 saturated heterocycles. The van der Waals surface area contributed by atoms with E-state index in [0.29, 0.717) is 24.0 Å². The number of rotatable bonds is 5. The number of piperidine rings is 1. The van der Waals surface area contributed by atoms with Crippen molar-refractivity contribution < 1.29 is 14.4 Å². The van der Waals surface area contributed by atoms with Gasteiger partial charge >= 0.3 is 0 Å². The van der Waals surface area contributed by atoms with E-state index in [9.17, 15) is 14.4 Å². The lowest BCUT2D eigenvalue weighted by atomic mass is 9.79. The highest BCUT2D eigenvalue weighted by Crippen LogP contribution is 2.28. The van der Waals surface area contributed by atoms with E-state index < -0.39 is 0 Å². The van der Waals surface area contributed by atoms with Gasteiger partial charge in [-0.1, -0.05) is 12.1 Å². The van der Waals surface area contributed by atoms with Gasteiger partial charge in [0, 0.05) is 30.1 Å². The molecular formula is C21H29N3O3. The van der Waals surface area contributed by atoms with Gasteiger partial charge in [-0.3, -0.25) is 19.3 Å². The monoisotopic (exact) mass is 371 g/mol. The second-order valence-electron chi connectivity index (χ2n) is 8.98. The third-order valence-electron chi connectivity index (χ3n) is 5.22. The summed E-state index contributed by atoms with van der Waals surface area (Å²) in [5, 5.41) is 6.73. The van der Waals surface area contributed by atoms with E-state index in [4.69, 9.17) is 0 Å². The summed E-state index contributed by atoms with van der Waals surface area (Å²) in [5.41, 5.74) is 0.844. The maximum absolute atomic E-state index is 12.4. The molecule has 0 atom stereocenters. The van der Waals surface area contributed by atoms with Crippen molar-refractivity contribution in [3.63, 3.8) is 0 Å². The van der Waals surface area contributed by atoms with Crippen LogP contribution in [0.2, 0.25) is 0 Å². The molecule has 27 heavy (non-hydrogen) atoms. The smallest absolute Gasteiger partial charge is 0.261 e. The van der Waals surface area contributed by atoms with Crippen molar-refractivity contribution >= 4 is 17.7 Å². The van der Waals surface area contributed by atoms with E-state index in [-0.39, 0.29) is 41.4 Å². The second kappa shape index (κ2) is 7.08. The molecule has 0 bridgehead atoms. The lowest BCUT2D eigenvalue weighted by Crippen LogP contribution is -2.62. The Morgan fingerprint density at radius 1 is 1.07 bits per heavy atom. The number of hydrogen-bond acceptors (Lipinski definition) is 4. The number of carbonyl (C=O) groups is 3. The summed E-state index contributed by atoms with van der Waals surface area (Å²) in [6.45, 7) is 8.86. The van der Waals surface area contributed by atoms with E-state index in [2.05, 4.69) is 38.3 Å². The highest BCUT2D eigenvalue weighted by atomic mass is 16.2. The summed E-state index contributed by atoms with van der Waals surface area (Å²) in [7, 11) is 0. The fourth-order valence-corrected chi connectivity index (χ4v) is 4.56. The summed E-state index contributed by atoms with van der Waals surface area (Å²) >= 11 is 0. The minimum Gasteiger partial charge on any atom is -0.353 e. The fraction of sp³-hybridized carbons (Fsp3) is 0.571. The van der Waals surface area contributed by atoms with Crippen molar-refractivity contribution in [1.82, 2.24) is 15.5 Å². The maximum atomic E-state index is 12.4. The summed E-state index contributed by atoms with van der Waals surface area (Å²) in [5.74, 6) is -0.555. The Labute approximate surface area is 160 Å². The Kier molecular flexibility index (Phi) is 5.12. The number of hydrogen-bond donors (Lipinski definition) is 2. The van der Waals surface area contributed by atoms with Gasteiger partial charge in [0.2, 0.25) is 5.91 Å². The lowest BCUT2D eigenvalue weighted by Gasteiger charge is -2.46. The van der Waals surface area contributed by atoms with Crippen LogP contribution in [0.25, 0.3) is 0 Å². The summed E-state index contributed by atoms with van der Waals surface area (Å²) in [6, 6.07) is 6.97. The van der Waals surface area contributed by atoms with Crippen molar-refractivity contribution in [2.24, 2.45) is 0 Å². The van der Waals surface area contributed by atoms with Crippen molar-refractivity contribution in [1.29, 1.82) is 0 Å². The number of benzene rings is 1. The molecule has 0 saturated carbocycles. The fourth-order valence-electron chi connectivity index (χ4n) is 4.56. The van der Waals surface area contributed by atoms with Crippen molar-refractivity contribution in [3.05, 3.63) is 35.4 Å². The van der Waals surface area contributed by atoms with E-state index in [0.717, 1.165) is 12.8 Å². The molecule has 3 rings (SSSR count). The minimum atomic E-state index is -0.266. The first kappa shape index (κ1) is 19.5. The second-order valence-corrected chi connectivity index (χ2v) is 8.98. The molecule has 2 aliphatic heterocycles. The molecule has 2 heterocycles. The zero-order valence-corrected chi connectivity index (χ0v) is 16.6. The van der Waals surface area contributed by atoms with Gasteiger partial charge in [0.1, 0.15) is 0 Å². The van der Waals surface area contributed by atoms with Gasteiger partial charge in [0.15, 0.2) is 0 Å². The van der Waals surface area contributed by atoms with E-state index in [1.165, 1.54) is 4.90 Å². The average Bonchev–Trinajstić information content (AvgIpc) is 2.77. The van der Waals surface area contributed by atoms with Gasteiger partial charge in [0.05, 0.1) is 11.1 Å². The normalized spacial score (nSPS) is 21.3. The van der Waals surface area contributed by atoms with E-state index in [1.54, 1.807) is 24.3 Å². The van der Waals surface area contributed by atoms with E-state index in [1.807, 2.05) is 0 Å². The minimum absolute atomic E-state index is 0.0230. The Hall–Kier alpha value is -2.21. The standard InChI is InChI=1S/C21H29N3O3/c1-20(2)12-14(13-21(3,4)23-20)22-17(25)10-7-11-24-18(26)15-8-5-6-9-16(15)19(24)27/h5-6,8-9,14,23H,7,10-13H2,1-4H3,(H,22,25). The van der Waals surface area contributed by atoms with Gasteiger partial charge < -0.3 is 10.6 Å². The predicted molar refractivity (Wildman–Crippen MR) is 104 cm³/mol. The Morgan fingerprint density at radius 3 is 2.11 bits per heavy atom. The Balaban J connectivity index is 1.49. The van der Waals surface area contributed by atoms with Gasteiger partial charge in [0.25, 0.3) is 11.8 Å². The third kappa shape index (κ3) is 4.38. The van der Waals surface area contributed by atoms with Crippen LogP contribution in [0.5, 0.6) is 0 Å². The summed E-state index contributed by atoms with van der Waals surface area (Å²) in [4.78, 5) is 38.3. The third-order valence-corrected chi connectivity index (χ3v) is 5.22. The van der Waals surface area contributed by atoms with Crippen LogP contribution in [0.4, 0.5) is 0 Å². The molecule has 3 amide bonds. The molecule has 2 aliphatic rings. The quantitative estimate of drug-likeness (QED) is 0.780. The number of imide groups is 1. The molecule has 0 radical (unpaired) electrons. The topological polar surface area (TPSA) is 78.5 Å². The highest BCUT2D eigenvalue weighted by Gasteiger charge is 2.38. The maximum Gasteiger partial charge on any atom is 0.261 e. The Bertz CT molecular complexity index is 719. The molecule has 6 heteroatoms. The van der Waals surface area contributed by atoms with Crippen LogP contribution in [-0.2, 0) is 4.79 Å². The van der Waals surface area contributed by atoms with Crippen molar-refractivity contribution in [2.45, 2.75) is 70.5 Å². The first-order valence-electron chi connectivity index (χ1n) is 9.62. The molecule has 0 unspecified atom stereocenters. The van der Waals surface area contributed by atoms with Crippen LogP contribution in [0.15, 0.2) is 24.3 Å². The van der Waals surface area contributed by atoms with Crippen LogP contribution >= 0.6 is 0 Å². The predicted octanol–water partition coefficient (Wildman–Crippen LogP) is 2.49. The molecule has 0 spiro atoms. The van der Waals surface area contributed by atoms with Crippen molar-refractivity contribution in [3.8, 4) is 0 Å². The van der Waals surface area contributed by atoms with E-state index >= 15 is 0 Å². The number of nitrogens with one attached hydrogen (secondary N) is 2. The molecule has 1 aromatic rings. The molecule has 0 aromatic heterocycles. The van der Waals surface area contributed by atoms with Crippen molar-refractivity contribution in [2.75, 3.05) is 6.54 Å². The molecule has 1 aromatic carbocycles. The summed E-state index contributed by atoms with van der Waals surface area (Å²) < 4.78 is 0. The molecule has 146 valence electrons. The molecule has 2 N–H and O–H groups in total. The summed E-state index contributed by atoms with van der Waals surface area (Å²) in [6.07, 6.45) is 2.52. The largest absolute Gasteiger partial charge is 0.353 e. The number of amides is 3.